The van der Waals surface area contributed by atoms with Gasteiger partial charge in [-0.3, -0.25) is 4.79 Å². The number of likely N-dealkylation sites (tertiary alicyclic amines) is 1. The van der Waals surface area contributed by atoms with Crippen molar-refractivity contribution in [3.63, 3.8) is 0 Å². The van der Waals surface area contributed by atoms with Crippen molar-refractivity contribution in [2.45, 2.75) is 26.3 Å². The summed E-state index contributed by atoms with van der Waals surface area (Å²) in [5, 5.41) is 3.04. The summed E-state index contributed by atoms with van der Waals surface area (Å²) in [4.78, 5) is 14.1. The number of hydrogen-bond donors (Lipinski definition) is 2. The van der Waals surface area contributed by atoms with E-state index in [2.05, 4.69) is 31.1 Å². The van der Waals surface area contributed by atoms with Crippen molar-refractivity contribution in [1.29, 1.82) is 0 Å². The predicted octanol–water partition coefficient (Wildman–Crippen LogP) is 0.0376. The molecule has 1 heterocycles. The van der Waals surface area contributed by atoms with Crippen LogP contribution in [0.15, 0.2) is 0 Å². The van der Waals surface area contributed by atoms with Gasteiger partial charge in [0.2, 0.25) is 5.91 Å². The molecule has 4 heteroatoms. The monoisotopic (exact) mass is 213 g/mol. The number of hydrogen-bond acceptors (Lipinski definition) is 3. The van der Waals surface area contributed by atoms with Gasteiger partial charge < -0.3 is 16.0 Å². The van der Waals surface area contributed by atoms with Crippen LogP contribution in [0.4, 0.5) is 0 Å². The molecule has 0 aromatic rings. The fourth-order valence-electron chi connectivity index (χ4n) is 1.95. The van der Waals surface area contributed by atoms with Gasteiger partial charge in [-0.15, -0.1) is 0 Å². The molecule has 1 aliphatic heterocycles. The molecule has 0 aromatic heterocycles. The highest BCUT2D eigenvalue weighted by atomic mass is 16.2. The zero-order valence-corrected chi connectivity index (χ0v) is 9.99. The van der Waals surface area contributed by atoms with E-state index in [4.69, 9.17) is 5.73 Å². The van der Waals surface area contributed by atoms with Crippen LogP contribution in [0, 0.1) is 11.8 Å². The number of nitrogens with one attached hydrogen (secondary N) is 1. The molecule has 0 saturated carbocycles. The number of nitrogens with two attached hydrogens (primary N) is 1. The SMILES string of the molecule is CC(C)C(CN)NC(=O)C1CCN(C)C1. The van der Waals surface area contributed by atoms with E-state index < -0.39 is 0 Å². The number of carbonyl (C=O) groups excluding carboxylic acids is 1. The molecule has 3 N–H and O–H groups in total. The van der Waals surface area contributed by atoms with E-state index in [0.717, 1.165) is 19.5 Å². The highest BCUT2D eigenvalue weighted by Gasteiger charge is 2.27. The molecule has 2 atom stereocenters. The molecular formula is C11H23N3O. The van der Waals surface area contributed by atoms with Crippen LogP contribution in [-0.4, -0.2) is 43.5 Å². The lowest BCUT2D eigenvalue weighted by molar-refractivity contribution is -0.125. The summed E-state index contributed by atoms with van der Waals surface area (Å²) in [6.45, 7) is 6.58. The molecular weight excluding hydrogens is 190 g/mol. The summed E-state index contributed by atoms with van der Waals surface area (Å²) in [5.41, 5.74) is 5.62. The van der Waals surface area contributed by atoms with E-state index in [1.165, 1.54) is 0 Å². The van der Waals surface area contributed by atoms with Crippen LogP contribution >= 0.6 is 0 Å². The second-order valence-corrected chi connectivity index (χ2v) is 4.84. The minimum Gasteiger partial charge on any atom is -0.352 e. The molecule has 2 unspecified atom stereocenters. The quantitative estimate of drug-likeness (QED) is 0.693. The average molecular weight is 213 g/mol. The maximum Gasteiger partial charge on any atom is 0.224 e. The molecule has 1 rings (SSSR count). The van der Waals surface area contributed by atoms with Crippen LogP contribution in [-0.2, 0) is 4.79 Å². The summed E-state index contributed by atoms with van der Waals surface area (Å²) in [5.74, 6) is 0.726. The molecule has 1 amide bonds. The van der Waals surface area contributed by atoms with Crippen molar-refractivity contribution in [2.75, 3.05) is 26.7 Å². The van der Waals surface area contributed by atoms with Gasteiger partial charge in [-0.25, -0.2) is 0 Å². The van der Waals surface area contributed by atoms with E-state index in [1.54, 1.807) is 0 Å². The summed E-state index contributed by atoms with van der Waals surface area (Å²) < 4.78 is 0. The Labute approximate surface area is 92.2 Å². The maximum atomic E-state index is 11.9. The molecule has 0 aromatic carbocycles. The molecule has 15 heavy (non-hydrogen) atoms. The van der Waals surface area contributed by atoms with E-state index in [-0.39, 0.29) is 17.9 Å². The third-order valence-corrected chi connectivity index (χ3v) is 3.15. The van der Waals surface area contributed by atoms with Gasteiger partial charge in [-0.2, -0.15) is 0 Å². The lowest BCUT2D eigenvalue weighted by atomic mass is 10.0. The Morgan fingerprint density at radius 3 is 2.67 bits per heavy atom. The van der Waals surface area contributed by atoms with Crippen molar-refractivity contribution < 1.29 is 4.79 Å². The van der Waals surface area contributed by atoms with Crippen LogP contribution in [0.5, 0.6) is 0 Å². The van der Waals surface area contributed by atoms with Crippen molar-refractivity contribution in [3.8, 4) is 0 Å². The standard InChI is InChI=1S/C11H23N3O/c1-8(2)10(6-12)13-11(15)9-4-5-14(3)7-9/h8-10H,4-7,12H2,1-3H3,(H,13,15). The Kier molecular flexibility index (Phi) is 4.54. The van der Waals surface area contributed by atoms with Gasteiger partial charge in [0.25, 0.3) is 0 Å². The highest BCUT2D eigenvalue weighted by Crippen LogP contribution is 2.14. The van der Waals surface area contributed by atoms with Gasteiger partial charge >= 0.3 is 0 Å². The van der Waals surface area contributed by atoms with Crippen LogP contribution in [0.25, 0.3) is 0 Å². The topological polar surface area (TPSA) is 58.4 Å². The van der Waals surface area contributed by atoms with Crippen LogP contribution < -0.4 is 11.1 Å². The average Bonchev–Trinajstić information content (AvgIpc) is 2.60. The van der Waals surface area contributed by atoms with E-state index in [0.29, 0.717) is 12.5 Å². The summed E-state index contributed by atoms with van der Waals surface area (Å²) >= 11 is 0. The Hall–Kier alpha value is -0.610. The van der Waals surface area contributed by atoms with E-state index in [9.17, 15) is 4.79 Å². The predicted molar refractivity (Wildman–Crippen MR) is 61.4 cm³/mol. The maximum absolute atomic E-state index is 11.9. The highest BCUT2D eigenvalue weighted by molar-refractivity contribution is 5.79. The second-order valence-electron chi connectivity index (χ2n) is 4.84. The first-order chi connectivity index (χ1) is 7.04. The molecule has 1 fully saturated rings. The molecule has 0 bridgehead atoms. The summed E-state index contributed by atoms with van der Waals surface area (Å²) in [7, 11) is 2.05. The molecule has 0 spiro atoms. The minimum atomic E-state index is 0.114. The molecule has 88 valence electrons. The van der Waals surface area contributed by atoms with Crippen LogP contribution in [0.3, 0.4) is 0 Å². The van der Waals surface area contributed by atoms with Gasteiger partial charge in [0.1, 0.15) is 0 Å². The number of rotatable bonds is 4. The smallest absolute Gasteiger partial charge is 0.224 e. The number of carbonyl (C=O) groups is 1. The minimum absolute atomic E-state index is 0.114. The van der Waals surface area contributed by atoms with Gasteiger partial charge in [0.15, 0.2) is 0 Å². The van der Waals surface area contributed by atoms with Gasteiger partial charge in [0.05, 0.1) is 5.92 Å². The van der Waals surface area contributed by atoms with Crippen LogP contribution in [0.1, 0.15) is 20.3 Å². The summed E-state index contributed by atoms with van der Waals surface area (Å²) in [6, 6.07) is 0.114. The Morgan fingerprint density at radius 1 is 1.60 bits per heavy atom. The second kappa shape index (κ2) is 5.47. The van der Waals surface area contributed by atoms with Gasteiger partial charge in [0, 0.05) is 19.1 Å². The molecule has 0 aliphatic carbocycles. The Morgan fingerprint density at radius 2 is 2.27 bits per heavy atom. The fourth-order valence-corrected chi connectivity index (χ4v) is 1.95. The first-order valence-corrected chi connectivity index (χ1v) is 5.73. The summed E-state index contributed by atoms with van der Waals surface area (Å²) in [6.07, 6.45) is 0.970. The molecule has 0 radical (unpaired) electrons. The first kappa shape index (κ1) is 12.5. The van der Waals surface area contributed by atoms with E-state index >= 15 is 0 Å². The third-order valence-electron chi connectivity index (χ3n) is 3.15. The largest absolute Gasteiger partial charge is 0.352 e. The van der Waals surface area contributed by atoms with Gasteiger partial charge in [-0.1, -0.05) is 13.8 Å². The molecule has 1 aliphatic rings. The third kappa shape index (κ3) is 3.47. The number of nitrogens with zero attached hydrogens (tertiary/aromatic N) is 1. The molecule has 4 nitrogen and oxygen atoms in total. The normalized spacial score (nSPS) is 24.5. The Balaban J connectivity index is 2.40. The zero-order chi connectivity index (χ0) is 11.4. The number of amides is 1. The van der Waals surface area contributed by atoms with Crippen molar-refractivity contribution in [1.82, 2.24) is 10.2 Å². The van der Waals surface area contributed by atoms with Crippen molar-refractivity contribution in [3.05, 3.63) is 0 Å². The Bertz CT molecular complexity index is 218. The lowest BCUT2D eigenvalue weighted by Crippen LogP contribution is -2.46. The fraction of sp³-hybridized carbons (Fsp3) is 0.909. The van der Waals surface area contributed by atoms with Gasteiger partial charge in [-0.05, 0) is 25.9 Å². The van der Waals surface area contributed by atoms with Crippen molar-refractivity contribution in [2.24, 2.45) is 17.6 Å². The lowest BCUT2D eigenvalue weighted by Gasteiger charge is -2.22. The van der Waals surface area contributed by atoms with Crippen molar-refractivity contribution >= 4 is 5.91 Å². The van der Waals surface area contributed by atoms with E-state index in [1.807, 2.05) is 0 Å². The molecule has 1 saturated heterocycles. The zero-order valence-electron chi connectivity index (χ0n) is 9.99. The van der Waals surface area contributed by atoms with Crippen LogP contribution in [0.2, 0.25) is 0 Å². The first-order valence-electron chi connectivity index (χ1n) is 5.73.